The Hall–Kier alpha value is -1.65. The lowest BCUT2D eigenvalue weighted by atomic mass is 10.1. The van der Waals surface area contributed by atoms with Crippen molar-refractivity contribution in [2.45, 2.75) is 12.6 Å². The van der Waals surface area contributed by atoms with E-state index in [2.05, 4.69) is 21.2 Å². The second-order valence-electron chi connectivity index (χ2n) is 4.19. The van der Waals surface area contributed by atoms with Crippen LogP contribution in [0.4, 0.5) is 0 Å². The van der Waals surface area contributed by atoms with Gasteiger partial charge >= 0.3 is 5.97 Å². The van der Waals surface area contributed by atoms with Crippen molar-refractivity contribution in [2.24, 2.45) is 0 Å². The Kier molecular flexibility index (Phi) is 4.71. The van der Waals surface area contributed by atoms with Crippen molar-refractivity contribution in [1.82, 2.24) is 5.32 Å². The lowest BCUT2D eigenvalue weighted by molar-refractivity contribution is -0.139. The van der Waals surface area contributed by atoms with Gasteiger partial charge in [-0.15, -0.1) is 0 Å². The fraction of sp³-hybridized carbons (Fsp3) is 0.133. The van der Waals surface area contributed by atoms with Crippen LogP contribution < -0.4 is 5.32 Å². The van der Waals surface area contributed by atoms with Crippen molar-refractivity contribution >= 4 is 21.9 Å². The Morgan fingerprint density at radius 2 is 1.89 bits per heavy atom. The Bertz CT molecular complexity index is 557. The van der Waals surface area contributed by atoms with Gasteiger partial charge in [-0.2, -0.15) is 0 Å². The molecular weight excluding hydrogens is 306 g/mol. The minimum absolute atomic E-state index is 0.518. The van der Waals surface area contributed by atoms with Crippen LogP contribution in [0.15, 0.2) is 59.1 Å². The number of aliphatic carboxylic acids is 1. The molecule has 2 rings (SSSR count). The number of hydrogen-bond donors (Lipinski definition) is 2. The van der Waals surface area contributed by atoms with Crippen LogP contribution in [0.1, 0.15) is 17.2 Å². The molecule has 4 heteroatoms. The highest BCUT2D eigenvalue weighted by atomic mass is 79.9. The zero-order valence-electron chi connectivity index (χ0n) is 10.2. The van der Waals surface area contributed by atoms with Gasteiger partial charge in [0.15, 0.2) is 0 Å². The van der Waals surface area contributed by atoms with Gasteiger partial charge < -0.3 is 5.11 Å². The first-order valence-electron chi connectivity index (χ1n) is 5.92. The van der Waals surface area contributed by atoms with Crippen LogP contribution in [-0.2, 0) is 11.3 Å². The van der Waals surface area contributed by atoms with Gasteiger partial charge in [-0.3, -0.25) is 10.1 Å². The van der Waals surface area contributed by atoms with Gasteiger partial charge in [-0.25, -0.2) is 0 Å². The van der Waals surface area contributed by atoms with Crippen LogP contribution >= 0.6 is 15.9 Å². The van der Waals surface area contributed by atoms with E-state index in [1.54, 1.807) is 0 Å². The maximum absolute atomic E-state index is 11.4. The Morgan fingerprint density at radius 1 is 1.16 bits per heavy atom. The number of rotatable bonds is 5. The summed E-state index contributed by atoms with van der Waals surface area (Å²) in [5, 5.41) is 12.4. The molecule has 0 saturated carbocycles. The standard InChI is InChI=1S/C15H14BrNO2/c16-13-8-4-7-12(9-13)14(15(18)19)17-10-11-5-2-1-3-6-11/h1-9,14,17H,10H2,(H,18,19). The molecule has 0 amide bonds. The fourth-order valence-electron chi connectivity index (χ4n) is 1.85. The van der Waals surface area contributed by atoms with Crippen molar-refractivity contribution in [2.75, 3.05) is 0 Å². The third-order valence-electron chi connectivity index (χ3n) is 2.78. The molecule has 0 heterocycles. The predicted molar refractivity (Wildman–Crippen MR) is 77.8 cm³/mol. The lowest BCUT2D eigenvalue weighted by Gasteiger charge is -2.15. The van der Waals surface area contributed by atoms with E-state index in [4.69, 9.17) is 0 Å². The van der Waals surface area contributed by atoms with Crippen molar-refractivity contribution in [3.63, 3.8) is 0 Å². The number of halogens is 1. The molecule has 0 aliphatic heterocycles. The number of nitrogens with one attached hydrogen (secondary N) is 1. The second kappa shape index (κ2) is 6.50. The number of benzene rings is 2. The number of carboxylic acids is 1. The van der Waals surface area contributed by atoms with Gasteiger partial charge in [0.2, 0.25) is 0 Å². The van der Waals surface area contributed by atoms with E-state index < -0.39 is 12.0 Å². The average Bonchev–Trinajstić information content (AvgIpc) is 2.40. The minimum atomic E-state index is -0.881. The summed E-state index contributed by atoms with van der Waals surface area (Å²) in [6.07, 6.45) is 0. The van der Waals surface area contributed by atoms with Crippen LogP contribution in [0, 0.1) is 0 Å². The molecule has 0 spiro atoms. The first kappa shape index (κ1) is 13.8. The quantitative estimate of drug-likeness (QED) is 0.888. The molecule has 2 N–H and O–H groups in total. The molecule has 98 valence electrons. The molecular formula is C15H14BrNO2. The first-order chi connectivity index (χ1) is 9.16. The summed E-state index contributed by atoms with van der Waals surface area (Å²) < 4.78 is 0.873. The van der Waals surface area contributed by atoms with Gasteiger partial charge in [0.25, 0.3) is 0 Å². The van der Waals surface area contributed by atoms with E-state index in [-0.39, 0.29) is 0 Å². The maximum Gasteiger partial charge on any atom is 0.325 e. The fourth-order valence-corrected chi connectivity index (χ4v) is 2.27. The van der Waals surface area contributed by atoms with Crippen molar-refractivity contribution < 1.29 is 9.90 Å². The average molecular weight is 320 g/mol. The number of hydrogen-bond acceptors (Lipinski definition) is 2. The minimum Gasteiger partial charge on any atom is -0.480 e. The molecule has 0 bridgehead atoms. The summed E-state index contributed by atoms with van der Waals surface area (Å²) in [5.74, 6) is -0.881. The molecule has 0 saturated heterocycles. The van der Waals surface area contributed by atoms with E-state index in [0.29, 0.717) is 6.54 Å². The highest BCUT2D eigenvalue weighted by molar-refractivity contribution is 9.10. The Labute approximate surface area is 120 Å². The largest absolute Gasteiger partial charge is 0.480 e. The normalized spacial score (nSPS) is 12.1. The van der Waals surface area contributed by atoms with Crippen LogP contribution in [-0.4, -0.2) is 11.1 Å². The van der Waals surface area contributed by atoms with Crippen LogP contribution in [0.2, 0.25) is 0 Å². The molecule has 0 aliphatic carbocycles. The third-order valence-corrected chi connectivity index (χ3v) is 3.28. The molecule has 0 radical (unpaired) electrons. The SMILES string of the molecule is O=C(O)C(NCc1ccccc1)c1cccc(Br)c1. The lowest BCUT2D eigenvalue weighted by Crippen LogP contribution is -2.28. The maximum atomic E-state index is 11.4. The van der Waals surface area contributed by atoms with E-state index >= 15 is 0 Å². The van der Waals surface area contributed by atoms with E-state index in [1.165, 1.54) is 0 Å². The Balaban J connectivity index is 2.11. The third kappa shape index (κ3) is 3.91. The Morgan fingerprint density at radius 3 is 2.53 bits per heavy atom. The highest BCUT2D eigenvalue weighted by Gasteiger charge is 2.19. The highest BCUT2D eigenvalue weighted by Crippen LogP contribution is 2.19. The number of carbonyl (C=O) groups is 1. The van der Waals surface area contributed by atoms with Crippen molar-refractivity contribution in [3.8, 4) is 0 Å². The molecule has 0 aliphatic rings. The predicted octanol–water partition coefficient (Wildman–Crippen LogP) is 3.36. The second-order valence-corrected chi connectivity index (χ2v) is 5.11. The topological polar surface area (TPSA) is 49.3 Å². The van der Waals surface area contributed by atoms with Crippen LogP contribution in [0.5, 0.6) is 0 Å². The number of carboxylic acid groups (broad SMARTS) is 1. The van der Waals surface area contributed by atoms with Gasteiger partial charge in [0.05, 0.1) is 0 Å². The summed E-state index contributed by atoms with van der Waals surface area (Å²) in [6.45, 7) is 0.518. The van der Waals surface area contributed by atoms with E-state index in [1.807, 2.05) is 54.6 Å². The van der Waals surface area contributed by atoms with Crippen molar-refractivity contribution in [1.29, 1.82) is 0 Å². The zero-order chi connectivity index (χ0) is 13.7. The summed E-state index contributed by atoms with van der Waals surface area (Å²) in [5.41, 5.74) is 1.79. The molecule has 2 aromatic carbocycles. The van der Waals surface area contributed by atoms with Gasteiger partial charge in [-0.1, -0.05) is 58.4 Å². The van der Waals surface area contributed by atoms with Crippen LogP contribution in [0.25, 0.3) is 0 Å². The first-order valence-corrected chi connectivity index (χ1v) is 6.71. The molecule has 19 heavy (non-hydrogen) atoms. The molecule has 1 unspecified atom stereocenters. The van der Waals surface area contributed by atoms with Gasteiger partial charge in [0.1, 0.15) is 6.04 Å². The monoisotopic (exact) mass is 319 g/mol. The molecule has 1 atom stereocenters. The molecule has 0 fully saturated rings. The van der Waals surface area contributed by atoms with Crippen molar-refractivity contribution in [3.05, 3.63) is 70.2 Å². The van der Waals surface area contributed by atoms with E-state index in [0.717, 1.165) is 15.6 Å². The molecule has 3 nitrogen and oxygen atoms in total. The van der Waals surface area contributed by atoms with Crippen LogP contribution in [0.3, 0.4) is 0 Å². The smallest absolute Gasteiger partial charge is 0.325 e. The summed E-state index contributed by atoms with van der Waals surface area (Å²) in [4.78, 5) is 11.4. The molecule has 0 aromatic heterocycles. The summed E-state index contributed by atoms with van der Waals surface area (Å²) in [7, 11) is 0. The molecule has 2 aromatic rings. The summed E-state index contributed by atoms with van der Waals surface area (Å²) in [6, 6.07) is 16.4. The van der Waals surface area contributed by atoms with Gasteiger partial charge in [-0.05, 0) is 23.3 Å². The summed E-state index contributed by atoms with van der Waals surface area (Å²) >= 11 is 3.35. The van der Waals surface area contributed by atoms with E-state index in [9.17, 15) is 9.90 Å². The zero-order valence-corrected chi connectivity index (χ0v) is 11.8. The van der Waals surface area contributed by atoms with Gasteiger partial charge in [0, 0.05) is 11.0 Å².